The quantitative estimate of drug-likeness (QED) is 0.367. The number of aryl methyl sites for hydroxylation is 2. The molecule has 2 rings (SSSR count). The number of allylic oxidation sites excluding steroid dienone is 4. The summed E-state index contributed by atoms with van der Waals surface area (Å²) in [5.74, 6) is 0.145. The molecule has 0 aliphatic heterocycles. The van der Waals surface area contributed by atoms with Crippen molar-refractivity contribution in [3.05, 3.63) is 82.7 Å². The summed E-state index contributed by atoms with van der Waals surface area (Å²) >= 11 is 0. The lowest BCUT2D eigenvalue weighted by Gasteiger charge is -2.15. The summed E-state index contributed by atoms with van der Waals surface area (Å²) < 4.78 is 0. The maximum absolute atomic E-state index is 12.1. The van der Waals surface area contributed by atoms with Gasteiger partial charge in [0.2, 0.25) is 0 Å². The molecule has 0 fully saturated rings. The minimum Gasteiger partial charge on any atom is -0.386 e. The van der Waals surface area contributed by atoms with Gasteiger partial charge in [0.15, 0.2) is 11.6 Å². The highest BCUT2D eigenvalue weighted by molar-refractivity contribution is 5.94. The third-order valence-corrected chi connectivity index (χ3v) is 5.38. The third-order valence-electron chi connectivity index (χ3n) is 5.38. The highest BCUT2D eigenvalue weighted by atomic mass is 16.1. The van der Waals surface area contributed by atoms with Crippen molar-refractivity contribution in [2.75, 3.05) is 13.1 Å². The van der Waals surface area contributed by atoms with Crippen molar-refractivity contribution in [3.63, 3.8) is 0 Å². The molecule has 0 atom stereocenters. The lowest BCUT2D eigenvalue weighted by atomic mass is 10.0. The second-order valence-corrected chi connectivity index (χ2v) is 7.82. The normalized spacial score (nSPS) is 12.5. The van der Waals surface area contributed by atoms with E-state index in [-0.39, 0.29) is 11.6 Å². The zero-order valence-corrected chi connectivity index (χ0v) is 19.6. The number of carbonyl (C=O) groups is 2. The predicted molar refractivity (Wildman–Crippen MR) is 128 cm³/mol. The summed E-state index contributed by atoms with van der Waals surface area (Å²) in [6.07, 6.45) is 6.30. The smallest absolute Gasteiger partial charge is 0.157 e. The molecule has 2 N–H and O–H groups in total. The van der Waals surface area contributed by atoms with Gasteiger partial charge >= 0.3 is 0 Å². The van der Waals surface area contributed by atoms with Crippen LogP contribution in [-0.2, 0) is 22.4 Å². The van der Waals surface area contributed by atoms with Gasteiger partial charge in [0, 0.05) is 59.4 Å². The lowest BCUT2D eigenvalue weighted by molar-refractivity contribution is -0.114. The van der Waals surface area contributed by atoms with Crippen LogP contribution >= 0.6 is 0 Å². The van der Waals surface area contributed by atoms with Crippen LogP contribution in [0, 0.1) is 0 Å². The summed E-state index contributed by atoms with van der Waals surface area (Å²) in [4.78, 5) is 32.9. The molecule has 2 aromatic rings. The molecule has 2 aromatic heterocycles. The van der Waals surface area contributed by atoms with Crippen LogP contribution in [0.15, 0.2) is 71.3 Å². The van der Waals surface area contributed by atoms with Crippen molar-refractivity contribution < 1.29 is 9.59 Å². The molecule has 6 heteroatoms. The molecule has 0 saturated carbocycles. The molecule has 0 saturated heterocycles. The van der Waals surface area contributed by atoms with Crippen molar-refractivity contribution in [2.45, 2.75) is 53.4 Å². The fourth-order valence-electron chi connectivity index (χ4n) is 3.57. The number of nitrogens with one attached hydrogen (secondary N) is 2. The molecule has 2 heterocycles. The largest absolute Gasteiger partial charge is 0.386 e. The Kier molecular flexibility index (Phi) is 10.3. The molecule has 0 aliphatic rings. The first kappa shape index (κ1) is 25.0. The van der Waals surface area contributed by atoms with E-state index >= 15 is 0 Å². The van der Waals surface area contributed by atoms with Gasteiger partial charge in [-0.2, -0.15) is 0 Å². The van der Waals surface area contributed by atoms with Gasteiger partial charge < -0.3 is 10.6 Å². The van der Waals surface area contributed by atoms with E-state index in [9.17, 15) is 9.59 Å². The van der Waals surface area contributed by atoms with E-state index < -0.39 is 0 Å². The molecular weight excluding hydrogens is 400 g/mol. The Morgan fingerprint density at radius 1 is 0.688 bits per heavy atom. The number of hydrogen-bond donors (Lipinski definition) is 2. The molecule has 0 radical (unpaired) electrons. The lowest BCUT2D eigenvalue weighted by Crippen LogP contribution is -2.27. The Bertz CT molecular complexity index is 871. The van der Waals surface area contributed by atoms with Gasteiger partial charge in [-0.25, -0.2) is 0 Å². The number of hydrogen-bond acceptors (Lipinski definition) is 6. The van der Waals surface area contributed by atoms with Crippen molar-refractivity contribution in [3.8, 4) is 0 Å². The highest BCUT2D eigenvalue weighted by Gasteiger charge is 2.11. The highest BCUT2D eigenvalue weighted by Crippen LogP contribution is 2.13. The number of Topliss-reactive ketones (excluding diaryl/α,β-unsaturated/α-hetero) is 2. The van der Waals surface area contributed by atoms with Gasteiger partial charge in [0.1, 0.15) is 0 Å². The van der Waals surface area contributed by atoms with Gasteiger partial charge in [-0.1, -0.05) is 12.1 Å². The van der Waals surface area contributed by atoms with E-state index in [1.165, 1.54) is 0 Å². The molecule has 0 aliphatic carbocycles. The van der Waals surface area contributed by atoms with E-state index in [1.54, 1.807) is 26.2 Å². The number of carbonyl (C=O) groups excluding carboxylic acids is 2. The molecule has 6 nitrogen and oxygen atoms in total. The fraction of sp³-hybridized carbons (Fsp3) is 0.385. The van der Waals surface area contributed by atoms with Gasteiger partial charge in [-0.3, -0.25) is 19.6 Å². The monoisotopic (exact) mass is 434 g/mol. The van der Waals surface area contributed by atoms with Crippen LogP contribution in [0.1, 0.15) is 51.9 Å². The number of nitrogens with zero attached hydrogens (tertiary/aromatic N) is 2. The van der Waals surface area contributed by atoms with Gasteiger partial charge in [0.25, 0.3) is 0 Å². The standard InChI is InChI=1S/C26H34N4O2/c1-19(25(21(3)31)13-11-23-9-5-7-15-29-23)27-17-18-28-20(2)26(22(4)32)14-12-24-10-6-8-16-30-24/h5-10,15-16,27-28H,11-14,17-18H2,1-4H3/b25-19-,26-20-. The van der Waals surface area contributed by atoms with Gasteiger partial charge in [0.05, 0.1) is 0 Å². The number of pyridine rings is 2. The second kappa shape index (κ2) is 13.2. The number of ketones is 2. The van der Waals surface area contributed by atoms with Gasteiger partial charge in [-0.15, -0.1) is 0 Å². The van der Waals surface area contributed by atoms with Crippen LogP contribution in [0.4, 0.5) is 0 Å². The van der Waals surface area contributed by atoms with Crippen molar-refractivity contribution >= 4 is 11.6 Å². The topological polar surface area (TPSA) is 84.0 Å². The SMILES string of the molecule is CC(=O)/C(CCc1ccccn1)=C(/C)NCCN/C(C)=C(/CCc1ccccn1)C(C)=O. The van der Waals surface area contributed by atoms with Gasteiger partial charge in [-0.05, 0) is 77.6 Å². The predicted octanol–water partition coefficient (Wildman–Crippen LogP) is 3.95. The van der Waals surface area contributed by atoms with Crippen LogP contribution in [0.3, 0.4) is 0 Å². The first-order valence-corrected chi connectivity index (χ1v) is 11.1. The fourth-order valence-corrected chi connectivity index (χ4v) is 3.57. The maximum Gasteiger partial charge on any atom is 0.157 e. The Morgan fingerprint density at radius 2 is 1.09 bits per heavy atom. The van der Waals surface area contributed by atoms with Crippen LogP contribution < -0.4 is 10.6 Å². The van der Waals surface area contributed by atoms with Crippen molar-refractivity contribution in [2.24, 2.45) is 0 Å². The molecule has 170 valence electrons. The third kappa shape index (κ3) is 8.46. The van der Waals surface area contributed by atoms with E-state index in [0.29, 0.717) is 25.9 Å². The summed E-state index contributed by atoms with van der Waals surface area (Å²) in [5.41, 5.74) is 5.32. The molecule has 0 bridgehead atoms. The Balaban J connectivity index is 1.88. The minimum absolute atomic E-state index is 0.0726. The first-order valence-electron chi connectivity index (χ1n) is 11.1. The maximum atomic E-state index is 12.1. The summed E-state index contributed by atoms with van der Waals surface area (Å²) in [6, 6.07) is 11.6. The van der Waals surface area contributed by atoms with Crippen molar-refractivity contribution in [1.82, 2.24) is 20.6 Å². The second-order valence-electron chi connectivity index (χ2n) is 7.82. The molecule has 32 heavy (non-hydrogen) atoms. The molecule has 0 unspecified atom stereocenters. The molecule has 0 aromatic carbocycles. The Morgan fingerprint density at radius 3 is 1.41 bits per heavy atom. The number of aromatic nitrogens is 2. The zero-order chi connectivity index (χ0) is 23.3. The van der Waals surface area contributed by atoms with E-state index in [4.69, 9.17) is 0 Å². The van der Waals surface area contributed by atoms with Crippen LogP contribution in [-0.4, -0.2) is 34.6 Å². The molecule has 0 amide bonds. The Labute approximate surface area is 191 Å². The molecule has 0 spiro atoms. The molecular formula is C26H34N4O2. The first-order chi connectivity index (χ1) is 15.4. The number of rotatable bonds is 13. The van der Waals surface area contributed by atoms with E-state index in [2.05, 4.69) is 20.6 Å². The van der Waals surface area contributed by atoms with Crippen LogP contribution in [0.25, 0.3) is 0 Å². The minimum atomic E-state index is 0.0726. The summed E-state index contributed by atoms with van der Waals surface area (Å²) in [5, 5.41) is 6.68. The Hall–Kier alpha value is -3.28. The van der Waals surface area contributed by atoms with E-state index in [0.717, 1.165) is 46.8 Å². The van der Waals surface area contributed by atoms with E-state index in [1.807, 2.05) is 50.2 Å². The average molecular weight is 435 g/mol. The zero-order valence-electron chi connectivity index (χ0n) is 19.6. The van der Waals surface area contributed by atoms with Crippen LogP contribution in [0.5, 0.6) is 0 Å². The summed E-state index contributed by atoms with van der Waals surface area (Å²) in [7, 11) is 0. The summed E-state index contributed by atoms with van der Waals surface area (Å²) in [6.45, 7) is 8.37. The van der Waals surface area contributed by atoms with Crippen LogP contribution in [0.2, 0.25) is 0 Å². The van der Waals surface area contributed by atoms with Crippen molar-refractivity contribution in [1.29, 1.82) is 0 Å². The average Bonchev–Trinajstić information content (AvgIpc) is 2.78.